The standard InChI is InChI=1S/C28H33N3O4S2/c1-20-10-12-24(13-11-20)31(37(34,35)26-16-14-25(36-5)15-17-26)19-27(32)30(22(3)28(33)29-4)18-23-9-7-6-8-21(23)2/h6-17,22H,18-19H2,1-5H3,(H,29,33)/t22-/m0/s1. The number of nitrogens with one attached hydrogen (secondary N) is 1. The molecule has 3 aromatic rings. The van der Waals surface area contributed by atoms with Gasteiger partial charge >= 0.3 is 0 Å². The van der Waals surface area contributed by atoms with E-state index < -0.39 is 28.5 Å². The van der Waals surface area contributed by atoms with E-state index in [0.29, 0.717) is 5.69 Å². The SMILES string of the molecule is CNC(=O)[C@H](C)N(Cc1ccccc1C)C(=O)CN(c1ccc(C)cc1)S(=O)(=O)c1ccc(SC)cc1. The van der Waals surface area contributed by atoms with Gasteiger partial charge in [-0.2, -0.15) is 0 Å². The molecule has 196 valence electrons. The smallest absolute Gasteiger partial charge is 0.264 e. The number of anilines is 1. The summed E-state index contributed by atoms with van der Waals surface area (Å²) < 4.78 is 28.7. The molecule has 0 aliphatic rings. The molecular weight excluding hydrogens is 506 g/mol. The summed E-state index contributed by atoms with van der Waals surface area (Å²) in [5, 5.41) is 2.59. The Morgan fingerprint density at radius 3 is 2.14 bits per heavy atom. The molecule has 9 heteroatoms. The zero-order chi connectivity index (χ0) is 27.2. The first-order valence-corrected chi connectivity index (χ1v) is 14.5. The Morgan fingerprint density at radius 1 is 0.946 bits per heavy atom. The topological polar surface area (TPSA) is 86.8 Å². The van der Waals surface area contributed by atoms with Gasteiger partial charge in [0.05, 0.1) is 10.6 Å². The van der Waals surface area contributed by atoms with Crippen molar-refractivity contribution in [2.24, 2.45) is 0 Å². The van der Waals surface area contributed by atoms with Crippen LogP contribution in [0.2, 0.25) is 0 Å². The number of likely N-dealkylation sites (N-methyl/N-ethyl adjacent to an activating group) is 1. The molecule has 1 atom stereocenters. The van der Waals surface area contributed by atoms with Crippen LogP contribution >= 0.6 is 11.8 Å². The lowest BCUT2D eigenvalue weighted by Crippen LogP contribution is -2.50. The molecule has 0 saturated carbocycles. The molecule has 1 N–H and O–H groups in total. The summed E-state index contributed by atoms with van der Waals surface area (Å²) in [5.41, 5.74) is 3.19. The van der Waals surface area contributed by atoms with E-state index >= 15 is 0 Å². The van der Waals surface area contributed by atoms with Crippen LogP contribution in [0.15, 0.2) is 82.6 Å². The second kappa shape index (κ2) is 12.3. The lowest BCUT2D eigenvalue weighted by atomic mass is 10.1. The second-order valence-electron chi connectivity index (χ2n) is 8.76. The van der Waals surface area contributed by atoms with Crippen LogP contribution in [0, 0.1) is 13.8 Å². The number of carbonyl (C=O) groups excluding carboxylic acids is 2. The van der Waals surface area contributed by atoms with Gasteiger partial charge in [0.25, 0.3) is 10.0 Å². The Bertz CT molecular complexity index is 1340. The first kappa shape index (κ1) is 28.3. The van der Waals surface area contributed by atoms with Gasteiger partial charge in [-0.1, -0.05) is 42.0 Å². The highest BCUT2D eigenvalue weighted by Gasteiger charge is 2.32. The Balaban J connectivity index is 2.03. The van der Waals surface area contributed by atoms with Crippen LogP contribution in [0.25, 0.3) is 0 Å². The van der Waals surface area contributed by atoms with Crippen LogP contribution in [0.3, 0.4) is 0 Å². The van der Waals surface area contributed by atoms with Crippen molar-refractivity contribution in [3.8, 4) is 0 Å². The van der Waals surface area contributed by atoms with Gasteiger partial charge in [-0.3, -0.25) is 13.9 Å². The molecule has 0 fully saturated rings. The molecule has 0 heterocycles. The third-order valence-corrected chi connectivity index (χ3v) is 8.80. The number of sulfonamides is 1. The number of amides is 2. The summed E-state index contributed by atoms with van der Waals surface area (Å²) in [5.74, 6) is -0.816. The van der Waals surface area contributed by atoms with Gasteiger partial charge in [-0.15, -0.1) is 11.8 Å². The average molecular weight is 540 g/mol. The quantitative estimate of drug-likeness (QED) is 0.387. The summed E-state index contributed by atoms with van der Waals surface area (Å²) in [6.07, 6.45) is 1.91. The zero-order valence-electron chi connectivity index (χ0n) is 21.8. The molecule has 7 nitrogen and oxygen atoms in total. The first-order valence-electron chi connectivity index (χ1n) is 11.9. The van der Waals surface area contributed by atoms with Crippen LogP contribution < -0.4 is 9.62 Å². The van der Waals surface area contributed by atoms with Gasteiger partial charge in [-0.05, 0) is 74.6 Å². The van der Waals surface area contributed by atoms with E-state index in [4.69, 9.17) is 0 Å². The number of rotatable bonds is 10. The number of aryl methyl sites for hydroxylation is 2. The number of benzene rings is 3. The van der Waals surface area contributed by atoms with Crippen LogP contribution in [-0.4, -0.2) is 51.0 Å². The maximum Gasteiger partial charge on any atom is 0.264 e. The molecule has 2 amide bonds. The van der Waals surface area contributed by atoms with E-state index in [1.54, 1.807) is 55.5 Å². The summed E-state index contributed by atoms with van der Waals surface area (Å²) >= 11 is 1.51. The molecule has 3 aromatic carbocycles. The molecular formula is C28H33N3O4S2. The average Bonchev–Trinajstić information content (AvgIpc) is 2.90. The fourth-order valence-corrected chi connectivity index (χ4v) is 5.70. The molecule has 3 rings (SSSR count). The van der Waals surface area contributed by atoms with E-state index in [2.05, 4.69) is 5.32 Å². The molecule has 0 bridgehead atoms. The normalized spacial score (nSPS) is 12.0. The Morgan fingerprint density at radius 2 is 1.57 bits per heavy atom. The van der Waals surface area contributed by atoms with E-state index in [9.17, 15) is 18.0 Å². The zero-order valence-corrected chi connectivity index (χ0v) is 23.4. The number of carbonyl (C=O) groups is 2. The lowest BCUT2D eigenvalue weighted by molar-refractivity contribution is -0.139. The molecule has 0 aliphatic carbocycles. The Hall–Kier alpha value is -3.30. The summed E-state index contributed by atoms with van der Waals surface area (Å²) in [6.45, 7) is 5.20. The highest BCUT2D eigenvalue weighted by Crippen LogP contribution is 2.26. The monoisotopic (exact) mass is 539 g/mol. The molecule has 0 radical (unpaired) electrons. The van der Waals surface area contributed by atoms with Gasteiger partial charge < -0.3 is 10.2 Å². The van der Waals surface area contributed by atoms with E-state index in [1.807, 2.05) is 44.4 Å². The van der Waals surface area contributed by atoms with Crippen molar-refractivity contribution in [3.05, 3.63) is 89.5 Å². The molecule has 0 aliphatic heterocycles. The predicted molar refractivity (Wildman–Crippen MR) is 149 cm³/mol. The van der Waals surface area contributed by atoms with Crippen LogP contribution in [0.5, 0.6) is 0 Å². The third-order valence-electron chi connectivity index (χ3n) is 6.26. The highest BCUT2D eigenvalue weighted by atomic mass is 32.2. The van der Waals surface area contributed by atoms with Crippen LogP contribution in [0.1, 0.15) is 23.6 Å². The largest absolute Gasteiger partial charge is 0.357 e. The number of nitrogens with zero attached hydrogens (tertiary/aromatic N) is 2. The van der Waals surface area contributed by atoms with E-state index in [0.717, 1.165) is 25.9 Å². The van der Waals surface area contributed by atoms with Gasteiger partial charge in [0, 0.05) is 18.5 Å². The third kappa shape index (κ3) is 6.72. The van der Waals surface area contributed by atoms with Crippen molar-refractivity contribution in [2.75, 3.05) is 24.2 Å². The highest BCUT2D eigenvalue weighted by molar-refractivity contribution is 7.98. The van der Waals surface area contributed by atoms with Gasteiger partial charge in [0.1, 0.15) is 12.6 Å². The molecule has 0 spiro atoms. The lowest BCUT2D eigenvalue weighted by Gasteiger charge is -2.32. The minimum atomic E-state index is -4.08. The van der Waals surface area contributed by atoms with Crippen molar-refractivity contribution in [1.82, 2.24) is 10.2 Å². The summed E-state index contributed by atoms with van der Waals surface area (Å²) in [6, 6.07) is 20.4. The fourth-order valence-electron chi connectivity index (χ4n) is 3.88. The van der Waals surface area contributed by atoms with Crippen molar-refractivity contribution in [1.29, 1.82) is 0 Å². The Kier molecular flexibility index (Phi) is 9.39. The van der Waals surface area contributed by atoms with Crippen molar-refractivity contribution < 1.29 is 18.0 Å². The van der Waals surface area contributed by atoms with Crippen molar-refractivity contribution in [2.45, 2.75) is 43.1 Å². The first-order chi connectivity index (χ1) is 17.6. The molecule has 37 heavy (non-hydrogen) atoms. The maximum atomic E-state index is 13.8. The van der Waals surface area contributed by atoms with Crippen LogP contribution in [0.4, 0.5) is 5.69 Å². The van der Waals surface area contributed by atoms with Crippen LogP contribution in [-0.2, 0) is 26.2 Å². The number of hydrogen-bond donors (Lipinski definition) is 1. The maximum absolute atomic E-state index is 13.8. The summed E-state index contributed by atoms with van der Waals surface area (Å²) in [7, 11) is -2.57. The minimum Gasteiger partial charge on any atom is -0.357 e. The van der Waals surface area contributed by atoms with Gasteiger partial charge in [-0.25, -0.2) is 8.42 Å². The fraction of sp³-hybridized carbons (Fsp3) is 0.286. The predicted octanol–water partition coefficient (Wildman–Crippen LogP) is 4.38. The number of hydrogen-bond acceptors (Lipinski definition) is 5. The summed E-state index contributed by atoms with van der Waals surface area (Å²) in [4.78, 5) is 28.8. The van der Waals surface area contributed by atoms with Gasteiger partial charge in [0.15, 0.2) is 0 Å². The van der Waals surface area contributed by atoms with Crippen molar-refractivity contribution >= 4 is 39.3 Å². The molecule has 0 unspecified atom stereocenters. The van der Waals surface area contributed by atoms with Gasteiger partial charge in [0.2, 0.25) is 11.8 Å². The second-order valence-corrected chi connectivity index (χ2v) is 11.5. The Labute approximate surface area is 223 Å². The van der Waals surface area contributed by atoms with E-state index in [1.165, 1.54) is 23.7 Å². The van der Waals surface area contributed by atoms with E-state index in [-0.39, 0.29) is 17.3 Å². The molecule has 0 aromatic heterocycles. The minimum absolute atomic E-state index is 0.0866. The van der Waals surface area contributed by atoms with Crippen molar-refractivity contribution in [3.63, 3.8) is 0 Å². The molecule has 0 saturated heterocycles. The number of thioether (sulfide) groups is 1.